The van der Waals surface area contributed by atoms with Gasteiger partial charge in [-0.05, 0) is 32.1 Å². The van der Waals surface area contributed by atoms with Crippen LogP contribution < -0.4 is 0 Å². The summed E-state index contributed by atoms with van der Waals surface area (Å²) in [6.45, 7) is 6.97. The molecule has 1 unspecified atom stereocenters. The van der Waals surface area contributed by atoms with E-state index in [1.54, 1.807) is 0 Å². The molecule has 0 saturated carbocycles. The molecule has 4 heteroatoms. The molecular weight excluding hydrogens is 352 g/mol. The van der Waals surface area contributed by atoms with Crippen molar-refractivity contribution in [2.75, 3.05) is 6.61 Å². The zero-order chi connectivity index (χ0) is 20.9. The Hall–Kier alpha value is -1.06. The second kappa shape index (κ2) is 20.7. The van der Waals surface area contributed by atoms with Crippen LogP contribution in [0, 0.1) is 0 Å². The molecule has 0 aromatic heterocycles. The highest BCUT2D eigenvalue weighted by Gasteiger charge is 2.13. The highest BCUT2D eigenvalue weighted by atomic mass is 16.5. The maximum atomic E-state index is 11.9. The quantitative estimate of drug-likeness (QED) is 0.162. The molecule has 0 spiro atoms. The van der Waals surface area contributed by atoms with Gasteiger partial charge in [0, 0.05) is 12.8 Å². The van der Waals surface area contributed by atoms with E-state index in [0.29, 0.717) is 25.9 Å². The minimum atomic E-state index is -0.192. The maximum absolute atomic E-state index is 11.9. The molecule has 0 heterocycles. The largest absolute Gasteiger partial charge is 0.466 e. The van der Waals surface area contributed by atoms with E-state index < -0.39 is 0 Å². The standard InChI is InChI=1S/C24H46O4/c1-4-7-9-10-11-12-13-14-16-21-27-23(25)19-17-20-24(26)28-22(6-3)18-15-8-5-2/h22H,4-21H2,1-3H3. The van der Waals surface area contributed by atoms with Crippen LogP contribution in [0.15, 0.2) is 0 Å². The van der Waals surface area contributed by atoms with Gasteiger partial charge in [0.25, 0.3) is 0 Å². The number of hydrogen-bond acceptors (Lipinski definition) is 4. The molecule has 0 aromatic rings. The van der Waals surface area contributed by atoms with Gasteiger partial charge in [-0.3, -0.25) is 9.59 Å². The fourth-order valence-corrected chi connectivity index (χ4v) is 3.26. The SMILES string of the molecule is CCCCCCCCCCCOC(=O)CCCC(=O)OC(CC)CCCCC. The van der Waals surface area contributed by atoms with Crippen LogP contribution in [0.5, 0.6) is 0 Å². The summed E-state index contributed by atoms with van der Waals surface area (Å²) in [7, 11) is 0. The molecule has 0 radical (unpaired) electrons. The summed E-state index contributed by atoms with van der Waals surface area (Å²) in [5.74, 6) is -0.377. The van der Waals surface area contributed by atoms with Crippen LogP contribution in [0.1, 0.15) is 130 Å². The number of carbonyl (C=O) groups excluding carboxylic acids is 2. The van der Waals surface area contributed by atoms with Gasteiger partial charge in [-0.1, -0.05) is 85.0 Å². The molecule has 0 rings (SSSR count). The molecule has 0 bridgehead atoms. The highest BCUT2D eigenvalue weighted by molar-refractivity contribution is 5.72. The predicted molar refractivity (Wildman–Crippen MR) is 116 cm³/mol. The van der Waals surface area contributed by atoms with Gasteiger partial charge >= 0.3 is 11.9 Å². The Bertz CT molecular complexity index is 368. The topological polar surface area (TPSA) is 52.6 Å². The van der Waals surface area contributed by atoms with Crippen molar-refractivity contribution in [2.45, 2.75) is 136 Å². The number of esters is 2. The van der Waals surface area contributed by atoms with Gasteiger partial charge in [0.05, 0.1) is 6.61 Å². The van der Waals surface area contributed by atoms with Crippen LogP contribution >= 0.6 is 0 Å². The lowest BCUT2D eigenvalue weighted by atomic mass is 10.1. The maximum Gasteiger partial charge on any atom is 0.306 e. The van der Waals surface area contributed by atoms with E-state index in [4.69, 9.17) is 9.47 Å². The summed E-state index contributed by atoms with van der Waals surface area (Å²) >= 11 is 0. The van der Waals surface area contributed by atoms with Crippen LogP contribution in [0.3, 0.4) is 0 Å². The van der Waals surface area contributed by atoms with Crippen LogP contribution in [0.25, 0.3) is 0 Å². The summed E-state index contributed by atoms with van der Waals surface area (Å²) in [5.41, 5.74) is 0. The Balaban J connectivity index is 3.52. The van der Waals surface area contributed by atoms with Gasteiger partial charge in [0.1, 0.15) is 6.10 Å². The van der Waals surface area contributed by atoms with Crippen molar-refractivity contribution < 1.29 is 19.1 Å². The third-order valence-corrected chi connectivity index (χ3v) is 5.16. The first-order valence-electron chi connectivity index (χ1n) is 12.0. The molecule has 4 nitrogen and oxygen atoms in total. The summed E-state index contributed by atoms with van der Waals surface area (Å²) in [4.78, 5) is 23.6. The molecule has 0 aromatic carbocycles. The Morgan fingerprint density at radius 1 is 0.643 bits per heavy atom. The average Bonchev–Trinajstić information content (AvgIpc) is 2.68. The summed E-state index contributed by atoms with van der Waals surface area (Å²) in [6.07, 6.45) is 17.7. The fourth-order valence-electron chi connectivity index (χ4n) is 3.26. The van der Waals surface area contributed by atoms with Gasteiger partial charge in [0.2, 0.25) is 0 Å². The average molecular weight is 399 g/mol. The lowest BCUT2D eigenvalue weighted by Crippen LogP contribution is -2.17. The van der Waals surface area contributed by atoms with Crippen molar-refractivity contribution in [1.82, 2.24) is 0 Å². The summed E-state index contributed by atoms with van der Waals surface area (Å²) < 4.78 is 10.8. The lowest BCUT2D eigenvalue weighted by molar-refractivity contribution is -0.150. The smallest absolute Gasteiger partial charge is 0.306 e. The normalized spacial score (nSPS) is 12.0. The van der Waals surface area contributed by atoms with E-state index in [-0.39, 0.29) is 18.0 Å². The Kier molecular flexibility index (Phi) is 19.9. The van der Waals surface area contributed by atoms with Crippen molar-refractivity contribution in [3.05, 3.63) is 0 Å². The van der Waals surface area contributed by atoms with Crippen LogP contribution in [0.2, 0.25) is 0 Å². The third-order valence-electron chi connectivity index (χ3n) is 5.16. The molecule has 28 heavy (non-hydrogen) atoms. The molecule has 0 fully saturated rings. The summed E-state index contributed by atoms with van der Waals surface area (Å²) in [5, 5.41) is 0. The Morgan fingerprint density at radius 3 is 1.79 bits per heavy atom. The summed E-state index contributed by atoms with van der Waals surface area (Å²) in [6, 6.07) is 0. The second-order valence-electron chi connectivity index (χ2n) is 7.92. The first-order chi connectivity index (χ1) is 13.6. The number of ether oxygens (including phenoxy) is 2. The minimum Gasteiger partial charge on any atom is -0.466 e. The fraction of sp³-hybridized carbons (Fsp3) is 0.917. The van der Waals surface area contributed by atoms with Crippen LogP contribution in [-0.4, -0.2) is 24.6 Å². The molecule has 166 valence electrons. The first kappa shape index (κ1) is 26.9. The zero-order valence-electron chi connectivity index (χ0n) is 18.9. The van der Waals surface area contributed by atoms with Crippen molar-refractivity contribution in [3.63, 3.8) is 0 Å². The Labute approximate surface area is 174 Å². The molecular formula is C24H46O4. The molecule has 0 N–H and O–H groups in total. The molecule has 0 aliphatic carbocycles. The molecule has 0 aliphatic rings. The van der Waals surface area contributed by atoms with Gasteiger partial charge in [-0.25, -0.2) is 0 Å². The van der Waals surface area contributed by atoms with Crippen molar-refractivity contribution in [3.8, 4) is 0 Å². The minimum absolute atomic E-state index is 0.0256. The Morgan fingerprint density at radius 2 is 1.18 bits per heavy atom. The molecule has 0 aliphatic heterocycles. The number of rotatable bonds is 20. The van der Waals surface area contributed by atoms with Crippen LogP contribution in [0.4, 0.5) is 0 Å². The van der Waals surface area contributed by atoms with E-state index in [1.165, 1.54) is 57.8 Å². The molecule has 1 atom stereocenters. The van der Waals surface area contributed by atoms with Gasteiger partial charge in [-0.15, -0.1) is 0 Å². The van der Waals surface area contributed by atoms with E-state index in [1.807, 2.05) is 6.92 Å². The number of unbranched alkanes of at least 4 members (excludes halogenated alkanes) is 10. The monoisotopic (exact) mass is 398 g/mol. The van der Waals surface area contributed by atoms with Gasteiger partial charge in [0.15, 0.2) is 0 Å². The van der Waals surface area contributed by atoms with E-state index in [2.05, 4.69) is 13.8 Å². The molecule has 0 saturated heterocycles. The highest BCUT2D eigenvalue weighted by Crippen LogP contribution is 2.12. The van der Waals surface area contributed by atoms with Gasteiger partial charge in [-0.2, -0.15) is 0 Å². The van der Waals surface area contributed by atoms with Gasteiger partial charge < -0.3 is 9.47 Å². The molecule has 0 amide bonds. The predicted octanol–water partition coefficient (Wildman–Crippen LogP) is 7.13. The van der Waals surface area contributed by atoms with Crippen molar-refractivity contribution in [2.24, 2.45) is 0 Å². The van der Waals surface area contributed by atoms with E-state index in [0.717, 1.165) is 32.1 Å². The van der Waals surface area contributed by atoms with Crippen molar-refractivity contribution in [1.29, 1.82) is 0 Å². The third kappa shape index (κ3) is 18.3. The van der Waals surface area contributed by atoms with E-state index in [9.17, 15) is 9.59 Å². The zero-order valence-corrected chi connectivity index (χ0v) is 18.9. The lowest BCUT2D eigenvalue weighted by Gasteiger charge is -2.15. The number of carbonyl (C=O) groups is 2. The number of hydrogen-bond donors (Lipinski definition) is 0. The van der Waals surface area contributed by atoms with Crippen molar-refractivity contribution >= 4 is 11.9 Å². The van der Waals surface area contributed by atoms with Crippen LogP contribution in [-0.2, 0) is 19.1 Å². The second-order valence-corrected chi connectivity index (χ2v) is 7.92. The first-order valence-corrected chi connectivity index (χ1v) is 12.0. The van der Waals surface area contributed by atoms with E-state index >= 15 is 0 Å².